The van der Waals surface area contributed by atoms with Crippen LogP contribution in [-0.2, 0) is 9.59 Å². The number of carboxylic acid groups (broad SMARTS) is 1. The number of phenolic OH excluding ortho intramolecular Hbond substituents is 1. The molecule has 3 aromatic carbocycles. The summed E-state index contributed by atoms with van der Waals surface area (Å²) in [5.41, 5.74) is 2.42. The van der Waals surface area contributed by atoms with Crippen LogP contribution in [0.25, 0.3) is 0 Å². The van der Waals surface area contributed by atoms with Gasteiger partial charge in [0.25, 0.3) is 0 Å². The summed E-state index contributed by atoms with van der Waals surface area (Å²) in [6.07, 6.45) is -1.82. The number of aliphatic hydroxyl groups is 1. The number of aliphatic carboxylic acids is 1. The Kier molecular flexibility index (Phi) is 9.01. The molecule has 0 aromatic heterocycles. The van der Waals surface area contributed by atoms with E-state index in [1.54, 1.807) is 26.0 Å². The van der Waals surface area contributed by atoms with E-state index in [1.807, 2.05) is 0 Å². The van der Waals surface area contributed by atoms with E-state index in [4.69, 9.17) is 9.84 Å². The van der Waals surface area contributed by atoms with Crippen molar-refractivity contribution in [2.24, 2.45) is 0 Å². The number of amides is 1. The number of carbonyl (C=O) groups is 2. The van der Waals surface area contributed by atoms with Gasteiger partial charge in [-0.3, -0.25) is 9.59 Å². The molecule has 0 fully saturated rings. The zero-order valence-electron chi connectivity index (χ0n) is 18.4. The number of hydrogen-bond acceptors (Lipinski definition) is 5. The topological polar surface area (TPSA) is 116 Å². The first-order valence-corrected chi connectivity index (χ1v) is 9.71. The number of carbonyl (C=O) groups excluding carboxylic acids is 1. The van der Waals surface area contributed by atoms with Crippen molar-refractivity contribution < 1.29 is 34.0 Å². The molecule has 0 bridgehead atoms. The smallest absolute Gasteiger partial charge is 0.312 e. The number of anilines is 1. The molecule has 0 spiro atoms. The molecule has 0 aliphatic rings. The zero-order chi connectivity index (χ0) is 23.4. The second-order valence-electron chi connectivity index (χ2n) is 7.33. The summed E-state index contributed by atoms with van der Waals surface area (Å²) in [6, 6.07) is 13.0. The molecule has 3 rings (SSSR count). The number of rotatable bonds is 7. The van der Waals surface area contributed by atoms with Crippen LogP contribution in [0, 0.1) is 19.7 Å². The van der Waals surface area contributed by atoms with Gasteiger partial charge in [0.2, 0.25) is 5.91 Å². The summed E-state index contributed by atoms with van der Waals surface area (Å²) in [5, 5.41) is 32.1. The fraction of sp³-hybridized carbons (Fsp3) is 0.167. The van der Waals surface area contributed by atoms with Gasteiger partial charge in [-0.05, 0) is 73.0 Å². The van der Waals surface area contributed by atoms with Gasteiger partial charge in [0.05, 0.1) is 0 Å². The van der Waals surface area contributed by atoms with Crippen LogP contribution in [0.2, 0.25) is 0 Å². The minimum atomic E-state index is -1.22. The summed E-state index contributed by atoms with van der Waals surface area (Å²) in [4.78, 5) is 22.4. The Labute approximate surface area is 212 Å². The number of benzene rings is 3. The molecule has 4 N–H and O–H groups in total. The van der Waals surface area contributed by atoms with Crippen molar-refractivity contribution >= 4 is 47.1 Å². The maximum Gasteiger partial charge on any atom is 0.312 e. The molecule has 167 valence electrons. The summed E-state index contributed by atoms with van der Waals surface area (Å²) in [7, 11) is 0. The number of aromatic hydroxyl groups is 1. The van der Waals surface area contributed by atoms with Crippen molar-refractivity contribution in [3.63, 3.8) is 0 Å². The first-order valence-electron chi connectivity index (χ1n) is 9.71. The summed E-state index contributed by atoms with van der Waals surface area (Å²) < 4.78 is 19.1. The third-order valence-corrected chi connectivity index (χ3v) is 4.76. The van der Waals surface area contributed by atoms with Crippen LogP contribution in [0.3, 0.4) is 0 Å². The molecule has 7 nitrogen and oxygen atoms in total. The fourth-order valence-corrected chi connectivity index (χ4v) is 3.28. The molecule has 0 heterocycles. The summed E-state index contributed by atoms with van der Waals surface area (Å²) in [6.45, 7) is 3.54. The Bertz CT molecular complexity index is 1140. The number of aryl methyl sites for hydroxylation is 2. The van der Waals surface area contributed by atoms with E-state index in [-0.39, 0.29) is 40.9 Å². The standard InChI is InChI=1S/C24H22FNO6.Na/c1-13-9-17(26-21(28)12-22(29)30)10-14(2)24(13)32-18-7-8-20(27)19(11-18)23(31)15-3-5-16(25)6-4-15;/h3-11,23,27,31H,12H2,1-2H3,(H,26,28)(H,29,30);. The van der Waals surface area contributed by atoms with E-state index in [9.17, 15) is 24.2 Å². The van der Waals surface area contributed by atoms with E-state index < -0.39 is 30.2 Å². The second kappa shape index (κ2) is 11.3. The van der Waals surface area contributed by atoms with Gasteiger partial charge in [-0.2, -0.15) is 0 Å². The van der Waals surface area contributed by atoms with E-state index >= 15 is 0 Å². The van der Waals surface area contributed by atoms with Crippen molar-refractivity contribution in [1.82, 2.24) is 0 Å². The second-order valence-corrected chi connectivity index (χ2v) is 7.33. The van der Waals surface area contributed by atoms with Gasteiger partial charge in [-0.15, -0.1) is 0 Å². The van der Waals surface area contributed by atoms with Crippen LogP contribution in [-0.4, -0.2) is 56.8 Å². The van der Waals surface area contributed by atoms with Gasteiger partial charge in [0.15, 0.2) is 0 Å². The molecule has 1 atom stereocenters. The van der Waals surface area contributed by atoms with Crippen LogP contribution in [0.5, 0.6) is 17.2 Å². The zero-order valence-corrected chi connectivity index (χ0v) is 20.4. The summed E-state index contributed by atoms with van der Waals surface area (Å²) >= 11 is 0. The predicted octanol–water partition coefficient (Wildman–Crippen LogP) is 4.05. The number of carboxylic acids is 1. The molecule has 33 heavy (non-hydrogen) atoms. The van der Waals surface area contributed by atoms with E-state index in [1.165, 1.54) is 42.5 Å². The van der Waals surface area contributed by atoms with Crippen LogP contribution < -0.4 is 10.1 Å². The molecule has 0 aliphatic heterocycles. The molecular weight excluding hydrogens is 440 g/mol. The summed E-state index contributed by atoms with van der Waals surface area (Å²) in [5.74, 6) is -1.57. The van der Waals surface area contributed by atoms with Gasteiger partial charge in [-0.1, -0.05) is 12.1 Å². The van der Waals surface area contributed by atoms with Crippen molar-refractivity contribution in [2.45, 2.75) is 26.4 Å². The van der Waals surface area contributed by atoms with Crippen molar-refractivity contribution in [1.29, 1.82) is 0 Å². The maximum absolute atomic E-state index is 13.2. The quantitative estimate of drug-likeness (QED) is 0.311. The van der Waals surface area contributed by atoms with Gasteiger partial charge in [-0.25, -0.2) is 4.39 Å². The SMILES string of the molecule is Cc1cc(NC(=O)CC(=O)O)cc(C)c1Oc1ccc(O)c(C(O)c2ccc(F)cc2)c1.[Na]. The largest absolute Gasteiger partial charge is 0.508 e. The van der Waals surface area contributed by atoms with Crippen LogP contribution >= 0.6 is 0 Å². The third-order valence-electron chi connectivity index (χ3n) is 4.76. The number of nitrogens with one attached hydrogen (secondary N) is 1. The van der Waals surface area contributed by atoms with E-state index in [0.717, 1.165) is 0 Å². The molecular formula is C24H22FNNaO6. The first-order chi connectivity index (χ1) is 15.1. The van der Waals surface area contributed by atoms with Gasteiger partial charge < -0.3 is 25.4 Å². The van der Waals surface area contributed by atoms with Crippen molar-refractivity contribution in [3.8, 4) is 17.2 Å². The minimum Gasteiger partial charge on any atom is -0.508 e. The molecule has 9 heteroatoms. The van der Waals surface area contributed by atoms with Gasteiger partial charge >= 0.3 is 5.97 Å². The molecule has 1 unspecified atom stereocenters. The van der Waals surface area contributed by atoms with Crippen LogP contribution in [0.1, 0.15) is 34.8 Å². The molecule has 1 amide bonds. The Balaban J connectivity index is 0.00000385. The molecule has 3 aromatic rings. The number of hydrogen-bond donors (Lipinski definition) is 4. The maximum atomic E-state index is 13.2. The van der Waals surface area contributed by atoms with Crippen molar-refractivity contribution in [2.75, 3.05) is 5.32 Å². The predicted molar refractivity (Wildman–Crippen MR) is 121 cm³/mol. The number of ether oxygens (including phenoxy) is 1. The molecule has 1 radical (unpaired) electrons. The Morgan fingerprint density at radius 1 is 1.03 bits per heavy atom. The van der Waals surface area contributed by atoms with E-state index in [2.05, 4.69) is 5.32 Å². The number of phenols is 1. The first kappa shape index (κ1) is 26.3. The molecule has 0 saturated carbocycles. The monoisotopic (exact) mass is 462 g/mol. The average molecular weight is 462 g/mol. The fourth-order valence-electron chi connectivity index (χ4n) is 3.28. The molecule has 0 aliphatic carbocycles. The Morgan fingerprint density at radius 3 is 2.21 bits per heavy atom. The molecule has 0 saturated heterocycles. The minimum absolute atomic E-state index is 0. The number of halogens is 1. The Morgan fingerprint density at radius 2 is 1.64 bits per heavy atom. The van der Waals surface area contributed by atoms with Gasteiger partial charge in [0, 0.05) is 40.8 Å². The van der Waals surface area contributed by atoms with Crippen molar-refractivity contribution in [3.05, 3.63) is 82.7 Å². The number of aliphatic hydroxyl groups excluding tert-OH is 1. The van der Waals surface area contributed by atoms with Gasteiger partial charge in [0.1, 0.15) is 35.6 Å². The van der Waals surface area contributed by atoms with Crippen LogP contribution in [0.4, 0.5) is 10.1 Å². The van der Waals surface area contributed by atoms with E-state index in [0.29, 0.717) is 33.9 Å². The van der Waals surface area contributed by atoms with Crippen LogP contribution in [0.15, 0.2) is 54.6 Å². The Hall–Kier alpha value is -2.91. The third kappa shape index (κ3) is 6.79. The normalized spacial score (nSPS) is 11.3. The average Bonchev–Trinajstić information content (AvgIpc) is 2.71.